The van der Waals surface area contributed by atoms with E-state index in [1.807, 2.05) is 17.0 Å². The zero-order valence-electron chi connectivity index (χ0n) is 14.3. The van der Waals surface area contributed by atoms with Crippen LogP contribution in [0.1, 0.15) is 43.5 Å². The van der Waals surface area contributed by atoms with Crippen molar-refractivity contribution in [3.63, 3.8) is 0 Å². The first kappa shape index (κ1) is 16.8. The number of ether oxygens (including phenoxy) is 1. The molecule has 1 spiro atoms. The average Bonchev–Trinajstić information content (AvgIpc) is 3.27. The molecular formula is C19H25NO4. The second-order valence-corrected chi connectivity index (χ2v) is 7.48. The van der Waals surface area contributed by atoms with Gasteiger partial charge >= 0.3 is 5.97 Å². The predicted molar refractivity (Wildman–Crippen MR) is 90.1 cm³/mol. The molecule has 1 saturated carbocycles. The third-order valence-corrected chi connectivity index (χ3v) is 5.22. The van der Waals surface area contributed by atoms with E-state index in [2.05, 4.69) is 13.8 Å². The molecule has 1 aliphatic heterocycles. The van der Waals surface area contributed by atoms with E-state index in [-0.39, 0.29) is 17.2 Å². The Morgan fingerprint density at radius 3 is 2.38 bits per heavy atom. The van der Waals surface area contributed by atoms with Crippen molar-refractivity contribution in [2.75, 3.05) is 19.7 Å². The smallest absolute Gasteiger partial charge is 0.307 e. The van der Waals surface area contributed by atoms with E-state index >= 15 is 0 Å². The van der Waals surface area contributed by atoms with Crippen LogP contribution in [0.25, 0.3) is 0 Å². The number of rotatable bonds is 5. The molecule has 1 aromatic carbocycles. The fraction of sp³-hybridized carbons (Fsp3) is 0.579. The van der Waals surface area contributed by atoms with Gasteiger partial charge in [0.2, 0.25) is 0 Å². The van der Waals surface area contributed by atoms with Gasteiger partial charge in [-0.3, -0.25) is 9.59 Å². The molecule has 5 heteroatoms. The van der Waals surface area contributed by atoms with Gasteiger partial charge in [-0.15, -0.1) is 0 Å². The van der Waals surface area contributed by atoms with E-state index in [4.69, 9.17) is 9.84 Å². The summed E-state index contributed by atoms with van der Waals surface area (Å²) in [5.41, 5.74) is 0.616. The number of carbonyl (C=O) groups excluding carboxylic acids is 1. The van der Waals surface area contributed by atoms with Crippen molar-refractivity contribution in [2.24, 2.45) is 17.3 Å². The molecule has 130 valence electrons. The standard InChI is InChI=1S/C19H25NO4/c1-13(2)12-24-15-5-3-14(4-6-15)17(21)20-9-7-19(8-10-20)11-16(19)18(22)23/h3-6,13,16H,7-12H2,1-2H3,(H,22,23). The number of likely N-dealkylation sites (tertiary alicyclic amines) is 1. The Hall–Kier alpha value is -2.04. The Morgan fingerprint density at radius 2 is 1.88 bits per heavy atom. The molecule has 1 atom stereocenters. The van der Waals surface area contributed by atoms with E-state index in [1.54, 1.807) is 12.1 Å². The van der Waals surface area contributed by atoms with Gasteiger partial charge in [0.1, 0.15) is 5.75 Å². The van der Waals surface area contributed by atoms with Gasteiger partial charge in [0.05, 0.1) is 12.5 Å². The van der Waals surface area contributed by atoms with Gasteiger partial charge < -0.3 is 14.7 Å². The lowest BCUT2D eigenvalue weighted by molar-refractivity contribution is -0.139. The second-order valence-electron chi connectivity index (χ2n) is 7.48. The summed E-state index contributed by atoms with van der Waals surface area (Å²) in [4.78, 5) is 25.5. The van der Waals surface area contributed by atoms with Crippen LogP contribution in [0.5, 0.6) is 5.75 Å². The number of benzene rings is 1. The van der Waals surface area contributed by atoms with Crippen molar-refractivity contribution < 1.29 is 19.4 Å². The molecule has 0 radical (unpaired) electrons. The van der Waals surface area contributed by atoms with Gasteiger partial charge in [0, 0.05) is 18.7 Å². The summed E-state index contributed by atoms with van der Waals surface area (Å²) in [5.74, 6) is 0.371. The highest BCUT2D eigenvalue weighted by molar-refractivity contribution is 5.94. The molecule has 1 aromatic rings. The Bertz CT molecular complexity index is 615. The normalized spacial score (nSPS) is 21.8. The number of carbonyl (C=O) groups is 2. The van der Waals surface area contributed by atoms with Gasteiger partial charge in [-0.1, -0.05) is 13.8 Å². The number of hydrogen-bond acceptors (Lipinski definition) is 3. The first-order valence-corrected chi connectivity index (χ1v) is 8.66. The van der Waals surface area contributed by atoms with Crippen LogP contribution >= 0.6 is 0 Å². The summed E-state index contributed by atoms with van der Waals surface area (Å²) in [6.07, 6.45) is 2.36. The van der Waals surface area contributed by atoms with Crippen LogP contribution in [0.3, 0.4) is 0 Å². The maximum absolute atomic E-state index is 12.6. The van der Waals surface area contributed by atoms with Crippen molar-refractivity contribution >= 4 is 11.9 Å². The number of carboxylic acid groups (broad SMARTS) is 1. The van der Waals surface area contributed by atoms with Gasteiger partial charge in [0.25, 0.3) is 5.91 Å². The largest absolute Gasteiger partial charge is 0.493 e. The summed E-state index contributed by atoms with van der Waals surface area (Å²) in [6, 6.07) is 7.28. The second kappa shape index (κ2) is 6.46. The minimum absolute atomic E-state index is 0.0211. The molecule has 2 aliphatic rings. The van der Waals surface area contributed by atoms with Gasteiger partial charge in [-0.25, -0.2) is 0 Å². The molecule has 1 saturated heterocycles. The zero-order valence-corrected chi connectivity index (χ0v) is 14.3. The van der Waals surface area contributed by atoms with Crippen molar-refractivity contribution in [3.05, 3.63) is 29.8 Å². The predicted octanol–water partition coefficient (Wildman–Crippen LogP) is 3.05. The lowest BCUT2D eigenvalue weighted by atomic mass is 9.90. The summed E-state index contributed by atoms with van der Waals surface area (Å²) in [5, 5.41) is 9.14. The third kappa shape index (κ3) is 3.40. The maximum Gasteiger partial charge on any atom is 0.307 e. The summed E-state index contributed by atoms with van der Waals surface area (Å²) in [7, 11) is 0. The van der Waals surface area contributed by atoms with Crippen LogP contribution in [0.15, 0.2) is 24.3 Å². The van der Waals surface area contributed by atoms with Gasteiger partial charge in [-0.05, 0) is 54.9 Å². The molecule has 1 aliphatic carbocycles. The van der Waals surface area contributed by atoms with Crippen LogP contribution in [0, 0.1) is 17.3 Å². The molecule has 1 unspecified atom stereocenters. The van der Waals surface area contributed by atoms with E-state index in [0.29, 0.717) is 31.2 Å². The molecule has 1 N–H and O–H groups in total. The molecule has 0 bridgehead atoms. The average molecular weight is 331 g/mol. The summed E-state index contributed by atoms with van der Waals surface area (Å²) >= 11 is 0. The van der Waals surface area contributed by atoms with Crippen molar-refractivity contribution in [1.29, 1.82) is 0 Å². The number of nitrogens with zero attached hydrogens (tertiary/aromatic N) is 1. The molecule has 24 heavy (non-hydrogen) atoms. The van der Waals surface area contributed by atoms with Gasteiger partial charge in [0.15, 0.2) is 0 Å². The lowest BCUT2D eigenvalue weighted by Crippen LogP contribution is -2.40. The molecule has 1 amide bonds. The molecule has 0 aromatic heterocycles. The fourth-order valence-corrected chi connectivity index (χ4v) is 3.54. The quantitative estimate of drug-likeness (QED) is 0.900. The van der Waals surface area contributed by atoms with Crippen LogP contribution in [0.2, 0.25) is 0 Å². The first-order chi connectivity index (χ1) is 11.4. The lowest BCUT2D eigenvalue weighted by Gasteiger charge is -2.32. The number of aliphatic carboxylic acids is 1. The highest BCUT2D eigenvalue weighted by Crippen LogP contribution is 2.59. The van der Waals surface area contributed by atoms with Crippen molar-refractivity contribution in [1.82, 2.24) is 4.90 Å². The van der Waals surface area contributed by atoms with E-state index in [0.717, 1.165) is 25.0 Å². The monoisotopic (exact) mass is 331 g/mol. The summed E-state index contributed by atoms with van der Waals surface area (Å²) < 4.78 is 5.64. The molecular weight excluding hydrogens is 306 g/mol. The number of amides is 1. The topological polar surface area (TPSA) is 66.8 Å². The third-order valence-electron chi connectivity index (χ3n) is 5.22. The molecule has 5 nitrogen and oxygen atoms in total. The molecule has 1 heterocycles. The number of piperidine rings is 1. The van der Waals surface area contributed by atoms with E-state index in [9.17, 15) is 9.59 Å². The Kier molecular flexibility index (Phi) is 4.52. The Balaban J connectivity index is 1.55. The Morgan fingerprint density at radius 1 is 1.25 bits per heavy atom. The van der Waals surface area contributed by atoms with E-state index < -0.39 is 5.97 Å². The van der Waals surface area contributed by atoms with Crippen LogP contribution in [0.4, 0.5) is 0 Å². The Labute approximate surface area is 142 Å². The molecule has 3 rings (SSSR count). The van der Waals surface area contributed by atoms with Crippen LogP contribution in [-0.2, 0) is 4.79 Å². The fourth-order valence-electron chi connectivity index (χ4n) is 3.54. The minimum Gasteiger partial charge on any atom is -0.493 e. The van der Waals surface area contributed by atoms with Crippen LogP contribution < -0.4 is 4.74 Å². The highest BCUT2D eigenvalue weighted by Gasteiger charge is 2.59. The highest BCUT2D eigenvalue weighted by atomic mass is 16.5. The maximum atomic E-state index is 12.6. The van der Waals surface area contributed by atoms with Crippen LogP contribution in [-0.4, -0.2) is 41.6 Å². The van der Waals surface area contributed by atoms with Crippen molar-refractivity contribution in [2.45, 2.75) is 33.1 Å². The van der Waals surface area contributed by atoms with Gasteiger partial charge in [-0.2, -0.15) is 0 Å². The van der Waals surface area contributed by atoms with E-state index in [1.165, 1.54) is 0 Å². The number of hydrogen-bond donors (Lipinski definition) is 1. The number of carboxylic acids is 1. The summed E-state index contributed by atoms with van der Waals surface area (Å²) in [6.45, 7) is 6.14. The molecule has 2 fully saturated rings. The van der Waals surface area contributed by atoms with Crippen molar-refractivity contribution in [3.8, 4) is 5.75 Å². The first-order valence-electron chi connectivity index (χ1n) is 8.66. The zero-order chi connectivity index (χ0) is 17.3. The minimum atomic E-state index is -0.688. The SMILES string of the molecule is CC(C)COc1ccc(C(=O)N2CCC3(CC2)CC3C(=O)O)cc1.